The number of hydrogen-bond acceptors (Lipinski definition) is 8. The Balaban J connectivity index is 1.58. The van der Waals surface area contributed by atoms with Crippen LogP contribution in [0.15, 0.2) is 98.6 Å². The first kappa shape index (κ1) is 30.5. The molecule has 1 aliphatic rings. The lowest BCUT2D eigenvalue weighted by Crippen LogP contribution is -2.40. The number of ether oxygens (including phenoxy) is 3. The average molecular weight is 662 g/mol. The summed E-state index contributed by atoms with van der Waals surface area (Å²) in [6, 6.07) is 22.5. The Bertz CT molecular complexity index is 2130. The number of thiazole rings is 1. The van der Waals surface area contributed by atoms with E-state index in [9.17, 15) is 9.59 Å². The third-order valence-electron chi connectivity index (χ3n) is 7.21. The summed E-state index contributed by atoms with van der Waals surface area (Å²) in [6.45, 7) is 1.88. The van der Waals surface area contributed by atoms with Gasteiger partial charge in [0.2, 0.25) is 0 Å². The van der Waals surface area contributed by atoms with Gasteiger partial charge >= 0.3 is 5.97 Å². The van der Waals surface area contributed by atoms with Crippen LogP contribution in [-0.2, 0) is 9.53 Å². The van der Waals surface area contributed by atoms with E-state index in [1.165, 1.54) is 23.0 Å². The van der Waals surface area contributed by atoms with E-state index in [4.69, 9.17) is 46.8 Å². The summed E-state index contributed by atoms with van der Waals surface area (Å²) < 4.78 is 24.5. The van der Waals surface area contributed by atoms with Crippen LogP contribution in [0.2, 0.25) is 10.0 Å². The summed E-state index contributed by atoms with van der Waals surface area (Å²) in [6.07, 6.45) is 1.65. The van der Waals surface area contributed by atoms with Crippen LogP contribution in [0.5, 0.6) is 11.5 Å². The second kappa shape index (κ2) is 12.8. The Hall–Kier alpha value is -4.57. The second-order valence-electron chi connectivity index (χ2n) is 9.85. The zero-order valence-electron chi connectivity index (χ0n) is 24.4. The molecule has 0 N–H and O–H groups in total. The monoisotopic (exact) mass is 660 g/mol. The molecule has 1 atom stereocenters. The fourth-order valence-electron chi connectivity index (χ4n) is 5.18. The molecule has 0 saturated heterocycles. The lowest BCUT2D eigenvalue weighted by molar-refractivity contribution is -0.138. The number of carbonyl (C=O) groups is 1. The quantitative estimate of drug-likeness (QED) is 0.176. The van der Waals surface area contributed by atoms with E-state index in [1.807, 2.05) is 30.3 Å². The van der Waals surface area contributed by atoms with E-state index >= 15 is 0 Å². The number of carbonyl (C=O) groups excluding carboxylic acids is 1. The minimum Gasteiger partial charge on any atom is -0.493 e. The zero-order chi connectivity index (χ0) is 31.7. The van der Waals surface area contributed by atoms with Crippen LogP contribution in [0.4, 0.5) is 0 Å². The number of benzene rings is 3. The molecule has 5 aromatic rings. The van der Waals surface area contributed by atoms with Crippen LogP contribution in [0, 0.1) is 0 Å². The summed E-state index contributed by atoms with van der Waals surface area (Å²) in [5.41, 5.74) is 2.24. The van der Waals surface area contributed by atoms with Gasteiger partial charge in [0.25, 0.3) is 5.56 Å². The van der Waals surface area contributed by atoms with Crippen molar-refractivity contribution >= 4 is 52.3 Å². The van der Waals surface area contributed by atoms with Crippen molar-refractivity contribution in [2.45, 2.75) is 13.0 Å². The van der Waals surface area contributed by atoms with Gasteiger partial charge in [0.1, 0.15) is 11.5 Å². The third-order valence-corrected chi connectivity index (χ3v) is 9.02. The summed E-state index contributed by atoms with van der Waals surface area (Å²) in [5.74, 6) is 1.30. The standard InChI is InChI=1S/C34H26Cl2N2O6S/c1-4-43-33(40)28-30(19-9-6-5-7-10-19)37-34-38(31(28)20-13-15-25(41-2)26(17-20)42-3)32(39)27(45-34)18-21-14-16-24(44-21)22-11-8-12-23(35)29(22)36/h5-18,31H,4H2,1-3H3/b27-18-. The van der Waals surface area contributed by atoms with Crippen LogP contribution in [0.25, 0.3) is 23.1 Å². The fourth-order valence-corrected chi connectivity index (χ4v) is 6.55. The summed E-state index contributed by atoms with van der Waals surface area (Å²) >= 11 is 13.8. The molecule has 6 rings (SSSR count). The van der Waals surface area contributed by atoms with Gasteiger partial charge in [0.05, 0.1) is 52.7 Å². The molecule has 3 heterocycles. The maximum atomic E-state index is 14.2. The van der Waals surface area contributed by atoms with E-state index in [2.05, 4.69) is 0 Å². The van der Waals surface area contributed by atoms with E-state index in [0.717, 1.165) is 0 Å². The number of rotatable bonds is 8. The number of hydrogen-bond donors (Lipinski definition) is 0. The van der Waals surface area contributed by atoms with Gasteiger partial charge in [-0.1, -0.05) is 77.0 Å². The maximum absolute atomic E-state index is 14.2. The molecule has 45 heavy (non-hydrogen) atoms. The van der Waals surface area contributed by atoms with Crippen molar-refractivity contribution in [3.05, 3.63) is 131 Å². The van der Waals surface area contributed by atoms with Crippen molar-refractivity contribution in [2.75, 3.05) is 20.8 Å². The van der Waals surface area contributed by atoms with Crippen molar-refractivity contribution in [1.82, 2.24) is 4.57 Å². The molecule has 0 bridgehead atoms. The highest BCUT2D eigenvalue weighted by atomic mass is 35.5. The Morgan fingerprint density at radius 2 is 1.78 bits per heavy atom. The SMILES string of the molecule is CCOC(=O)C1=C(c2ccccc2)N=c2s/c(=C\c3ccc(-c4cccc(Cl)c4Cl)o3)c(=O)n2C1c1ccc(OC)c(OC)c1. The number of furan rings is 1. The number of esters is 1. The molecule has 1 unspecified atom stereocenters. The number of nitrogens with zero attached hydrogens (tertiary/aromatic N) is 2. The first-order chi connectivity index (χ1) is 21.8. The zero-order valence-corrected chi connectivity index (χ0v) is 26.7. The molecule has 228 valence electrons. The van der Waals surface area contributed by atoms with Crippen LogP contribution in [0.1, 0.15) is 29.9 Å². The Morgan fingerprint density at radius 3 is 2.51 bits per heavy atom. The van der Waals surface area contributed by atoms with Crippen LogP contribution >= 0.6 is 34.5 Å². The van der Waals surface area contributed by atoms with Gasteiger partial charge in [-0.2, -0.15) is 0 Å². The largest absolute Gasteiger partial charge is 0.493 e. The van der Waals surface area contributed by atoms with Crippen LogP contribution in [-0.4, -0.2) is 31.4 Å². The lowest BCUT2D eigenvalue weighted by Gasteiger charge is -2.26. The maximum Gasteiger partial charge on any atom is 0.338 e. The molecule has 3 aromatic carbocycles. The Morgan fingerprint density at radius 1 is 1.00 bits per heavy atom. The minimum absolute atomic E-state index is 0.144. The first-order valence-electron chi connectivity index (χ1n) is 13.9. The lowest BCUT2D eigenvalue weighted by atomic mass is 9.93. The minimum atomic E-state index is -0.880. The fraction of sp³-hybridized carbons (Fsp3) is 0.147. The average Bonchev–Trinajstić information content (AvgIpc) is 3.65. The van der Waals surface area contributed by atoms with E-state index in [-0.39, 0.29) is 17.7 Å². The Kier molecular flexibility index (Phi) is 8.67. The molecule has 8 nitrogen and oxygen atoms in total. The molecule has 2 aromatic heterocycles. The van der Waals surface area contributed by atoms with Gasteiger partial charge in [-0.25, -0.2) is 9.79 Å². The molecule has 0 spiro atoms. The number of halogens is 2. The normalized spacial score (nSPS) is 14.6. The van der Waals surface area contributed by atoms with Crippen molar-refractivity contribution < 1.29 is 23.4 Å². The smallest absolute Gasteiger partial charge is 0.338 e. The molecule has 0 radical (unpaired) electrons. The molecule has 0 fully saturated rings. The summed E-state index contributed by atoms with van der Waals surface area (Å²) in [4.78, 5) is 33.2. The highest BCUT2D eigenvalue weighted by Gasteiger charge is 2.35. The van der Waals surface area contributed by atoms with E-state index in [1.54, 1.807) is 68.6 Å². The van der Waals surface area contributed by atoms with Gasteiger partial charge in [0, 0.05) is 17.2 Å². The third kappa shape index (κ3) is 5.70. The predicted octanol–water partition coefficient (Wildman–Crippen LogP) is 6.52. The molecule has 1 aliphatic heterocycles. The molecular formula is C34H26Cl2N2O6S. The van der Waals surface area contributed by atoms with Crippen molar-refractivity contribution in [3.8, 4) is 22.8 Å². The molecule has 0 amide bonds. The van der Waals surface area contributed by atoms with Crippen molar-refractivity contribution in [3.63, 3.8) is 0 Å². The molecule has 0 saturated carbocycles. The second-order valence-corrected chi connectivity index (χ2v) is 11.6. The highest BCUT2D eigenvalue weighted by Crippen LogP contribution is 2.39. The van der Waals surface area contributed by atoms with Gasteiger partial charge < -0.3 is 18.6 Å². The summed E-state index contributed by atoms with van der Waals surface area (Å²) in [5, 5.41) is 0.775. The van der Waals surface area contributed by atoms with Crippen molar-refractivity contribution in [1.29, 1.82) is 0 Å². The predicted molar refractivity (Wildman–Crippen MR) is 175 cm³/mol. The molecule has 0 aliphatic carbocycles. The molecular weight excluding hydrogens is 635 g/mol. The van der Waals surface area contributed by atoms with Crippen LogP contribution in [0.3, 0.4) is 0 Å². The van der Waals surface area contributed by atoms with Gasteiger partial charge in [-0.05, 0) is 48.9 Å². The number of methoxy groups -OCH3 is 2. The van der Waals surface area contributed by atoms with E-state index < -0.39 is 12.0 Å². The van der Waals surface area contributed by atoms with Crippen molar-refractivity contribution in [2.24, 2.45) is 4.99 Å². The van der Waals surface area contributed by atoms with Gasteiger partial charge in [-0.15, -0.1) is 0 Å². The van der Waals surface area contributed by atoms with E-state index in [0.29, 0.717) is 64.8 Å². The molecule has 11 heteroatoms. The van der Waals surface area contributed by atoms with Gasteiger partial charge in [-0.3, -0.25) is 9.36 Å². The van der Waals surface area contributed by atoms with Crippen LogP contribution < -0.4 is 24.4 Å². The number of aromatic nitrogens is 1. The summed E-state index contributed by atoms with van der Waals surface area (Å²) in [7, 11) is 3.07. The first-order valence-corrected chi connectivity index (χ1v) is 15.5. The topological polar surface area (TPSA) is 92.3 Å². The Labute approximate surface area is 272 Å². The number of fused-ring (bicyclic) bond motifs is 1. The van der Waals surface area contributed by atoms with Gasteiger partial charge in [0.15, 0.2) is 16.3 Å². The highest BCUT2D eigenvalue weighted by molar-refractivity contribution is 7.07.